The van der Waals surface area contributed by atoms with Crippen molar-refractivity contribution in [2.45, 2.75) is 26.5 Å². The van der Waals surface area contributed by atoms with Gasteiger partial charge >= 0.3 is 5.97 Å². The van der Waals surface area contributed by atoms with E-state index in [9.17, 15) is 14.0 Å². The first-order valence-corrected chi connectivity index (χ1v) is 9.00. The predicted molar refractivity (Wildman–Crippen MR) is 97.7 cm³/mol. The van der Waals surface area contributed by atoms with E-state index in [1.807, 2.05) is 0 Å². The second kappa shape index (κ2) is 8.13. The summed E-state index contributed by atoms with van der Waals surface area (Å²) in [4.78, 5) is 29.1. The molecule has 0 radical (unpaired) electrons. The summed E-state index contributed by atoms with van der Waals surface area (Å²) in [5.74, 6) is -0.801. The molecular formula is C19H17FN2O4S. The fourth-order valence-corrected chi connectivity index (χ4v) is 3.26. The molecule has 6 nitrogen and oxygen atoms in total. The van der Waals surface area contributed by atoms with Gasteiger partial charge in [0, 0.05) is 5.56 Å². The Morgan fingerprint density at radius 3 is 2.70 bits per heavy atom. The highest BCUT2D eigenvalue weighted by Gasteiger charge is 2.23. The minimum Gasteiger partial charge on any atom is -0.467 e. The molecule has 1 atom stereocenters. The Hall–Kier alpha value is -3.00. The summed E-state index contributed by atoms with van der Waals surface area (Å²) < 4.78 is 23.4. The highest BCUT2D eigenvalue weighted by atomic mass is 32.1. The van der Waals surface area contributed by atoms with Gasteiger partial charge in [-0.05, 0) is 50.2 Å². The number of amides is 1. The molecule has 0 fully saturated rings. The molecule has 1 aromatic carbocycles. The van der Waals surface area contributed by atoms with Crippen molar-refractivity contribution in [2.75, 3.05) is 0 Å². The third-order valence-electron chi connectivity index (χ3n) is 3.74. The van der Waals surface area contributed by atoms with Crippen LogP contribution in [0.15, 0.2) is 47.1 Å². The van der Waals surface area contributed by atoms with Crippen LogP contribution in [-0.4, -0.2) is 23.0 Å². The molecule has 3 rings (SSSR count). The number of rotatable bonds is 6. The molecule has 0 spiro atoms. The zero-order valence-electron chi connectivity index (χ0n) is 14.7. The molecule has 1 N–H and O–H groups in total. The zero-order chi connectivity index (χ0) is 19.4. The van der Waals surface area contributed by atoms with E-state index in [4.69, 9.17) is 9.15 Å². The van der Waals surface area contributed by atoms with Crippen LogP contribution >= 0.6 is 11.3 Å². The summed E-state index contributed by atoms with van der Waals surface area (Å²) in [7, 11) is 0. The van der Waals surface area contributed by atoms with E-state index in [1.165, 1.54) is 25.3 Å². The van der Waals surface area contributed by atoms with Crippen LogP contribution in [0, 0.1) is 12.7 Å². The number of carbonyl (C=O) groups excluding carboxylic acids is 2. The van der Waals surface area contributed by atoms with E-state index in [-0.39, 0.29) is 12.4 Å². The summed E-state index contributed by atoms with van der Waals surface area (Å²) in [6.07, 6.45) is 0.541. The van der Waals surface area contributed by atoms with Gasteiger partial charge in [0.05, 0.1) is 18.5 Å². The number of carbonyl (C=O) groups is 2. The van der Waals surface area contributed by atoms with Gasteiger partial charge in [0.1, 0.15) is 21.5 Å². The lowest BCUT2D eigenvalue weighted by atomic mass is 10.2. The normalized spacial score (nSPS) is 11.8. The van der Waals surface area contributed by atoms with Crippen LogP contribution in [0.5, 0.6) is 0 Å². The molecule has 27 heavy (non-hydrogen) atoms. The van der Waals surface area contributed by atoms with Crippen molar-refractivity contribution in [3.8, 4) is 10.6 Å². The van der Waals surface area contributed by atoms with Gasteiger partial charge in [0.2, 0.25) is 0 Å². The van der Waals surface area contributed by atoms with Crippen LogP contribution in [0.25, 0.3) is 10.6 Å². The lowest BCUT2D eigenvalue weighted by Gasteiger charge is -2.12. The van der Waals surface area contributed by atoms with Crippen LogP contribution in [-0.2, 0) is 16.1 Å². The first-order chi connectivity index (χ1) is 12.9. The second-order valence-corrected chi connectivity index (χ2v) is 6.78. The van der Waals surface area contributed by atoms with E-state index in [2.05, 4.69) is 10.3 Å². The first-order valence-electron chi connectivity index (χ1n) is 8.18. The highest BCUT2D eigenvalue weighted by Crippen LogP contribution is 2.28. The molecule has 3 aromatic rings. The lowest BCUT2D eigenvalue weighted by Crippen LogP contribution is -2.35. The maximum absolute atomic E-state index is 13.1. The van der Waals surface area contributed by atoms with Gasteiger partial charge in [-0.2, -0.15) is 0 Å². The number of esters is 1. The van der Waals surface area contributed by atoms with Crippen LogP contribution in [0.2, 0.25) is 0 Å². The van der Waals surface area contributed by atoms with Gasteiger partial charge in [-0.1, -0.05) is 0 Å². The SMILES string of the molecule is Cc1nc(-c2ccc(F)cc2)sc1C(=O)O[C@H](C)C(=O)NCc1ccco1. The zero-order valence-corrected chi connectivity index (χ0v) is 15.5. The van der Waals surface area contributed by atoms with Crippen LogP contribution in [0.4, 0.5) is 4.39 Å². The molecular weight excluding hydrogens is 371 g/mol. The smallest absolute Gasteiger partial charge is 0.351 e. The van der Waals surface area contributed by atoms with Crippen LogP contribution in [0.3, 0.4) is 0 Å². The minimum absolute atomic E-state index is 0.210. The summed E-state index contributed by atoms with van der Waals surface area (Å²) in [6.45, 7) is 3.39. The quantitative estimate of drug-likeness (QED) is 0.651. The molecule has 0 aliphatic rings. The number of ether oxygens (including phenoxy) is 1. The fourth-order valence-electron chi connectivity index (χ4n) is 2.30. The van der Waals surface area contributed by atoms with Crippen molar-refractivity contribution in [1.29, 1.82) is 0 Å². The molecule has 0 saturated heterocycles. The maximum atomic E-state index is 13.1. The number of nitrogens with zero attached hydrogens (tertiary/aromatic N) is 1. The average Bonchev–Trinajstić information content (AvgIpc) is 3.29. The van der Waals surface area contributed by atoms with Gasteiger partial charge in [-0.15, -0.1) is 11.3 Å². The molecule has 0 aliphatic carbocycles. The third-order valence-corrected chi connectivity index (χ3v) is 4.93. The van der Waals surface area contributed by atoms with Gasteiger partial charge < -0.3 is 14.5 Å². The number of benzene rings is 1. The Balaban J connectivity index is 1.63. The Morgan fingerprint density at radius 1 is 1.30 bits per heavy atom. The molecule has 0 aliphatic heterocycles. The van der Waals surface area contributed by atoms with Crippen molar-refractivity contribution in [3.63, 3.8) is 0 Å². The van der Waals surface area contributed by atoms with E-state index in [0.717, 1.165) is 11.3 Å². The molecule has 2 heterocycles. The van der Waals surface area contributed by atoms with Gasteiger partial charge in [0.25, 0.3) is 5.91 Å². The largest absolute Gasteiger partial charge is 0.467 e. The maximum Gasteiger partial charge on any atom is 0.351 e. The fraction of sp³-hybridized carbons (Fsp3) is 0.211. The predicted octanol–water partition coefficient (Wildman–Crippen LogP) is 3.71. The lowest BCUT2D eigenvalue weighted by molar-refractivity contribution is -0.129. The van der Waals surface area contributed by atoms with E-state index in [1.54, 1.807) is 31.2 Å². The van der Waals surface area contributed by atoms with Crippen molar-refractivity contribution in [3.05, 3.63) is 64.8 Å². The number of halogens is 1. The molecule has 0 bridgehead atoms. The molecule has 0 unspecified atom stereocenters. The first kappa shape index (κ1) is 18.8. The molecule has 140 valence electrons. The topological polar surface area (TPSA) is 81.4 Å². The van der Waals surface area contributed by atoms with Gasteiger partial charge in [-0.25, -0.2) is 14.2 Å². The number of nitrogens with one attached hydrogen (secondary N) is 1. The number of aryl methyl sites for hydroxylation is 1. The van der Waals surface area contributed by atoms with Crippen LogP contribution < -0.4 is 5.32 Å². The van der Waals surface area contributed by atoms with Gasteiger partial charge in [-0.3, -0.25) is 4.79 Å². The Labute approximate surface area is 159 Å². The Kier molecular flexibility index (Phi) is 5.66. The molecule has 2 aromatic heterocycles. The van der Waals surface area contributed by atoms with Crippen molar-refractivity contribution < 1.29 is 23.1 Å². The second-order valence-electron chi connectivity index (χ2n) is 5.79. The number of hydrogen-bond acceptors (Lipinski definition) is 6. The molecule has 0 saturated carbocycles. The van der Waals surface area contributed by atoms with Crippen molar-refractivity contribution in [1.82, 2.24) is 10.3 Å². The number of hydrogen-bond donors (Lipinski definition) is 1. The van der Waals surface area contributed by atoms with E-state index in [0.29, 0.717) is 26.9 Å². The monoisotopic (exact) mass is 388 g/mol. The summed E-state index contributed by atoms with van der Waals surface area (Å²) >= 11 is 1.14. The van der Waals surface area contributed by atoms with Crippen LogP contribution in [0.1, 0.15) is 28.0 Å². The van der Waals surface area contributed by atoms with E-state index < -0.39 is 18.0 Å². The van der Waals surface area contributed by atoms with Crippen molar-refractivity contribution >= 4 is 23.2 Å². The van der Waals surface area contributed by atoms with Gasteiger partial charge in [0.15, 0.2) is 6.10 Å². The number of furan rings is 1. The molecule has 8 heteroatoms. The highest BCUT2D eigenvalue weighted by molar-refractivity contribution is 7.17. The summed E-state index contributed by atoms with van der Waals surface area (Å²) in [5, 5.41) is 3.21. The standard InChI is InChI=1S/C19H17FN2O4S/c1-11-16(27-18(22-11)13-5-7-14(20)8-6-13)19(24)26-12(2)17(23)21-10-15-4-3-9-25-15/h3-9,12H,10H2,1-2H3,(H,21,23)/t12-/m1/s1. The van der Waals surface area contributed by atoms with Crippen molar-refractivity contribution in [2.24, 2.45) is 0 Å². The van der Waals surface area contributed by atoms with E-state index >= 15 is 0 Å². The third kappa shape index (κ3) is 4.59. The Bertz CT molecular complexity index is 935. The molecule has 1 amide bonds. The number of aromatic nitrogens is 1. The Morgan fingerprint density at radius 2 is 2.04 bits per heavy atom. The summed E-state index contributed by atoms with van der Waals surface area (Å²) in [5.41, 5.74) is 1.19. The average molecular weight is 388 g/mol. The number of thiazole rings is 1. The summed E-state index contributed by atoms with van der Waals surface area (Å²) in [6, 6.07) is 9.29. The minimum atomic E-state index is -0.969.